The third kappa shape index (κ3) is 7.00. The summed E-state index contributed by atoms with van der Waals surface area (Å²) in [6, 6.07) is 0. The Bertz CT molecular complexity index is 355. The average molecular weight is 349 g/mol. The molecule has 1 saturated heterocycles. The molecule has 142 valence electrons. The SMILES string of the molecule is CCCCCCCCO[C@@H]1O[C@H](CO)[C@H](O)[C@H](OCC(N)=O)[C@H]1O. The highest BCUT2D eigenvalue weighted by atomic mass is 16.7. The number of aliphatic hydroxyl groups excluding tert-OH is 3. The normalized spacial score (nSPS) is 30.4. The number of rotatable bonds is 12. The summed E-state index contributed by atoms with van der Waals surface area (Å²) in [5.74, 6) is -0.717. The quantitative estimate of drug-likeness (QED) is 0.355. The Morgan fingerprint density at radius 1 is 1.08 bits per heavy atom. The van der Waals surface area contributed by atoms with Crippen LogP contribution in [0.25, 0.3) is 0 Å². The van der Waals surface area contributed by atoms with Crippen LogP contribution in [-0.2, 0) is 19.0 Å². The predicted molar refractivity (Wildman–Crippen MR) is 86.0 cm³/mol. The Labute approximate surface area is 142 Å². The fourth-order valence-corrected chi connectivity index (χ4v) is 2.65. The zero-order valence-electron chi connectivity index (χ0n) is 14.3. The molecule has 24 heavy (non-hydrogen) atoms. The molecule has 1 aliphatic rings. The van der Waals surface area contributed by atoms with E-state index in [-0.39, 0.29) is 0 Å². The Hall–Kier alpha value is -0.770. The highest BCUT2D eigenvalue weighted by Gasteiger charge is 2.45. The van der Waals surface area contributed by atoms with Gasteiger partial charge in [0.2, 0.25) is 5.91 Å². The molecule has 0 saturated carbocycles. The van der Waals surface area contributed by atoms with Crippen molar-refractivity contribution in [3.8, 4) is 0 Å². The molecule has 1 amide bonds. The molecular weight excluding hydrogens is 318 g/mol. The number of nitrogens with two attached hydrogens (primary N) is 1. The molecule has 0 bridgehead atoms. The first kappa shape index (κ1) is 21.3. The molecule has 8 heteroatoms. The molecule has 0 aliphatic carbocycles. The average Bonchev–Trinajstić information content (AvgIpc) is 2.55. The number of hydrogen-bond acceptors (Lipinski definition) is 7. The van der Waals surface area contributed by atoms with E-state index in [1.807, 2.05) is 0 Å². The Morgan fingerprint density at radius 3 is 2.38 bits per heavy atom. The fourth-order valence-electron chi connectivity index (χ4n) is 2.65. The van der Waals surface area contributed by atoms with Gasteiger partial charge in [0.05, 0.1) is 6.61 Å². The maximum atomic E-state index is 10.8. The lowest BCUT2D eigenvalue weighted by atomic mass is 9.99. The van der Waals surface area contributed by atoms with Crippen LogP contribution in [0.5, 0.6) is 0 Å². The van der Waals surface area contributed by atoms with E-state index in [1.54, 1.807) is 0 Å². The monoisotopic (exact) mass is 349 g/mol. The summed E-state index contributed by atoms with van der Waals surface area (Å²) in [7, 11) is 0. The van der Waals surface area contributed by atoms with E-state index in [0.29, 0.717) is 6.61 Å². The highest BCUT2D eigenvalue weighted by Crippen LogP contribution is 2.24. The molecule has 0 spiro atoms. The van der Waals surface area contributed by atoms with Gasteiger partial charge in [-0.25, -0.2) is 0 Å². The van der Waals surface area contributed by atoms with Gasteiger partial charge in [0.15, 0.2) is 6.29 Å². The van der Waals surface area contributed by atoms with Crippen molar-refractivity contribution in [2.75, 3.05) is 19.8 Å². The van der Waals surface area contributed by atoms with Gasteiger partial charge in [0, 0.05) is 6.61 Å². The largest absolute Gasteiger partial charge is 0.394 e. The Kier molecular flexibility index (Phi) is 10.4. The van der Waals surface area contributed by atoms with E-state index in [2.05, 4.69) is 6.92 Å². The van der Waals surface area contributed by atoms with Crippen LogP contribution in [0.2, 0.25) is 0 Å². The first-order valence-electron chi connectivity index (χ1n) is 8.65. The molecular formula is C16H31NO7. The third-order valence-electron chi connectivity index (χ3n) is 4.02. The minimum absolute atomic E-state index is 0.393. The van der Waals surface area contributed by atoms with E-state index < -0.39 is 49.8 Å². The zero-order valence-corrected chi connectivity index (χ0v) is 14.3. The van der Waals surface area contributed by atoms with Crippen LogP contribution in [0.3, 0.4) is 0 Å². The van der Waals surface area contributed by atoms with E-state index in [0.717, 1.165) is 19.3 Å². The van der Waals surface area contributed by atoms with E-state index in [4.69, 9.17) is 19.9 Å². The number of hydrogen-bond donors (Lipinski definition) is 4. The van der Waals surface area contributed by atoms with Crippen molar-refractivity contribution in [2.24, 2.45) is 5.73 Å². The minimum Gasteiger partial charge on any atom is -0.394 e. The van der Waals surface area contributed by atoms with Gasteiger partial charge in [-0.3, -0.25) is 4.79 Å². The number of carbonyl (C=O) groups is 1. The standard InChI is InChI=1S/C16H31NO7/c1-2-3-4-5-6-7-8-22-16-14(21)15(23-10-12(17)19)13(20)11(9-18)24-16/h11,13-16,18,20-21H,2-10H2,1H3,(H2,17,19)/t11-,13+,14-,15+,16-/m1/s1. The molecule has 1 fully saturated rings. The van der Waals surface area contributed by atoms with Crippen LogP contribution in [-0.4, -0.2) is 71.8 Å². The second-order valence-electron chi connectivity index (χ2n) is 6.09. The third-order valence-corrected chi connectivity index (χ3v) is 4.02. The van der Waals surface area contributed by atoms with Gasteiger partial charge in [0.1, 0.15) is 31.0 Å². The van der Waals surface area contributed by atoms with E-state index in [9.17, 15) is 20.1 Å². The molecule has 0 unspecified atom stereocenters. The predicted octanol–water partition coefficient (Wildman–Crippen LogP) is -0.327. The topological polar surface area (TPSA) is 131 Å². The van der Waals surface area contributed by atoms with Crippen molar-refractivity contribution in [3.63, 3.8) is 0 Å². The number of amides is 1. The summed E-state index contributed by atoms with van der Waals surface area (Å²) in [5.41, 5.74) is 5.01. The van der Waals surface area contributed by atoms with Crippen LogP contribution < -0.4 is 5.73 Å². The molecule has 0 radical (unpaired) electrons. The molecule has 1 rings (SSSR count). The van der Waals surface area contributed by atoms with Crippen LogP contribution in [0.1, 0.15) is 45.4 Å². The Balaban J connectivity index is 2.42. The summed E-state index contributed by atoms with van der Waals surface area (Å²) in [5, 5.41) is 29.6. The smallest absolute Gasteiger partial charge is 0.243 e. The van der Waals surface area contributed by atoms with Gasteiger partial charge >= 0.3 is 0 Å². The van der Waals surface area contributed by atoms with Crippen LogP contribution in [0, 0.1) is 0 Å². The second-order valence-corrected chi connectivity index (χ2v) is 6.09. The molecule has 1 aliphatic heterocycles. The van der Waals surface area contributed by atoms with Crippen molar-refractivity contribution >= 4 is 5.91 Å². The summed E-state index contributed by atoms with van der Waals surface area (Å²) < 4.78 is 16.1. The molecule has 5 atom stereocenters. The van der Waals surface area contributed by atoms with Gasteiger partial charge in [-0.2, -0.15) is 0 Å². The van der Waals surface area contributed by atoms with Gasteiger partial charge in [-0.1, -0.05) is 39.0 Å². The van der Waals surface area contributed by atoms with Gasteiger partial charge in [0.25, 0.3) is 0 Å². The lowest BCUT2D eigenvalue weighted by Crippen LogP contribution is -2.60. The summed E-state index contributed by atoms with van der Waals surface area (Å²) in [6.45, 7) is 1.65. The maximum absolute atomic E-state index is 10.8. The van der Waals surface area contributed by atoms with E-state index in [1.165, 1.54) is 19.3 Å². The first-order chi connectivity index (χ1) is 11.5. The number of aliphatic hydroxyl groups is 3. The Morgan fingerprint density at radius 2 is 1.75 bits per heavy atom. The number of ether oxygens (including phenoxy) is 3. The van der Waals surface area contributed by atoms with Crippen molar-refractivity contribution in [3.05, 3.63) is 0 Å². The van der Waals surface area contributed by atoms with Crippen molar-refractivity contribution in [2.45, 2.75) is 76.2 Å². The lowest BCUT2D eigenvalue weighted by Gasteiger charge is -2.41. The van der Waals surface area contributed by atoms with Crippen molar-refractivity contribution in [1.29, 1.82) is 0 Å². The maximum Gasteiger partial charge on any atom is 0.243 e. The fraction of sp³-hybridized carbons (Fsp3) is 0.938. The molecule has 8 nitrogen and oxygen atoms in total. The zero-order chi connectivity index (χ0) is 17.9. The first-order valence-corrected chi connectivity index (χ1v) is 8.65. The van der Waals surface area contributed by atoms with E-state index >= 15 is 0 Å². The van der Waals surface area contributed by atoms with Gasteiger partial charge in [-0.05, 0) is 6.42 Å². The molecule has 1 heterocycles. The van der Waals surface area contributed by atoms with Crippen LogP contribution in [0.4, 0.5) is 0 Å². The minimum atomic E-state index is -1.28. The second kappa shape index (κ2) is 11.7. The highest BCUT2D eigenvalue weighted by molar-refractivity contribution is 5.75. The van der Waals surface area contributed by atoms with Crippen LogP contribution >= 0.6 is 0 Å². The van der Waals surface area contributed by atoms with Gasteiger partial charge in [-0.15, -0.1) is 0 Å². The molecule has 0 aromatic heterocycles. The number of primary amides is 1. The number of carbonyl (C=O) groups excluding carboxylic acids is 1. The molecule has 0 aromatic rings. The lowest BCUT2D eigenvalue weighted by molar-refractivity contribution is -0.306. The summed E-state index contributed by atoms with van der Waals surface area (Å²) in [4.78, 5) is 10.8. The number of unbranched alkanes of at least 4 members (excludes halogenated alkanes) is 5. The molecule has 0 aromatic carbocycles. The van der Waals surface area contributed by atoms with Crippen molar-refractivity contribution < 1.29 is 34.3 Å². The molecule has 5 N–H and O–H groups in total. The van der Waals surface area contributed by atoms with Gasteiger partial charge < -0.3 is 35.3 Å². The summed E-state index contributed by atoms with van der Waals surface area (Å²) in [6.07, 6.45) is 0.940. The summed E-state index contributed by atoms with van der Waals surface area (Å²) >= 11 is 0. The van der Waals surface area contributed by atoms with Crippen LogP contribution in [0.15, 0.2) is 0 Å². The van der Waals surface area contributed by atoms with Crippen molar-refractivity contribution in [1.82, 2.24) is 0 Å².